The maximum atomic E-state index is 12.3. The molecule has 0 saturated heterocycles. The number of hydrogen-bond donors (Lipinski definition) is 1. The van der Waals surface area contributed by atoms with Crippen molar-refractivity contribution in [2.75, 3.05) is 25.2 Å². The molecule has 26 heavy (non-hydrogen) atoms. The Hall–Kier alpha value is -2.67. The highest BCUT2D eigenvalue weighted by Gasteiger charge is 2.17. The molecule has 0 aliphatic carbocycles. The molecular formula is C19H22N2O4S. The number of benzene rings is 2. The molecule has 0 aromatic heterocycles. The van der Waals surface area contributed by atoms with Gasteiger partial charge < -0.3 is 10.2 Å². The Bertz CT molecular complexity index is 903. The fraction of sp³-hybridized carbons (Fsp3) is 0.263. The van der Waals surface area contributed by atoms with Gasteiger partial charge in [-0.05, 0) is 37.3 Å². The third-order valence-corrected chi connectivity index (χ3v) is 5.51. The van der Waals surface area contributed by atoms with Crippen molar-refractivity contribution in [2.45, 2.75) is 18.2 Å². The summed E-state index contributed by atoms with van der Waals surface area (Å²) in [6.45, 7) is 1.87. The summed E-state index contributed by atoms with van der Waals surface area (Å²) in [5.74, 6) is -0.878. The van der Waals surface area contributed by atoms with Crippen LogP contribution in [0.15, 0.2) is 53.4 Å². The predicted molar refractivity (Wildman–Crippen MR) is 101 cm³/mol. The molecule has 1 N–H and O–H groups in total. The number of hydrogen-bond acceptors (Lipinski definition) is 4. The van der Waals surface area contributed by atoms with Crippen molar-refractivity contribution < 1.29 is 18.0 Å². The summed E-state index contributed by atoms with van der Waals surface area (Å²) in [6.07, 6.45) is -0.165. The standard InChI is InChI=1S/C19H22N2O4S/c1-14-7-9-17(10-8-14)26(24,25)12-11-18(22)20-16-6-4-5-15(13-16)19(23)21(2)3/h4-10,13H,11-12H2,1-3H3,(H,20,22). The van der Waals surface area contributed by atoms with Crippen molar-refractivity contribution in [2.24, 2.45) is 0 Å². The molecule has 0 aliphatic rings. The number of carbonyl (C=O) groups is 2. The van der Waals surface area contributed by atoms with E-state index in [2.05, 4.69) is 5.32 Å². The Morgan fingerprint density at radius 1 is 1.04 bits per heavy atom. The van der Waals surface area contributed by atoms with Crippen LogP contribution in [0.3, 0.4) is 0 Å². The number of amides is 2. The van der Waals surface area contributed by atoms with Crippen LogP contribution in [0.5, 0.6) is 0 Å². The quantitative estimate of drug-likeness (QED) is 0.842. The topological polar surface area (TPSA) is 83.5 Å². The van der Waals surface area contributed by atoms with Gasteiger partial charge in [-0.3, -0.25) is 9.59 Å². The monoisotopic (exact) mass is 374 g/mol. The summed E-state index contributed by atoms with van der Waals surface area (Å²) >= 11 is 0. The number of nitrogens with zero attached hydrogens (tertiary/aromatic N) is 1. The van der Waals surface area contributed by atoms with Crippen LogP contribution >= 0.6 is 0 Å². The fourth-order valence-electron chi connectivity index (χ4n) is 2.30. The zero-order valence-corrected chi connectivity index (χ0v) is 15.8. The van der Waals surface area contributed by atoms with E-state index in [9.17, 15) is 18.0 Å². The SMILES string of the molecule is Cc1ccc(S(=O)(=O)CCC(=O)Nc2cccc(C(=O)N(C)C)c2)cc1. The molecule has 0 radical (unpaired) electrons. The fourth-order valence-corrected chi connectivity index (χ4v) is 3.54. The number of nitrogens with one attached hydrogen (secondary N) is 1. The number of rotatable bonds is 6. The van der Waals surface area contributed by atoms with Crippen molar-refractivity contribution in [3.8, 4) is 0 Å². The maximum Gasteiger partial charge on any atom is 0.253 e. The Balaban J connectivity index is 2.00. The number of aryl methyl sites for hydroxylation is 1. The molecule has 0 bridgehead atoms. The van der Waals surface area contributed by atoms with E-state index < -0.39 is 15.7 Å². The van der Waals surface area contributed by atoms with Crippen LogP contribution in [0.4, 0.5) is 5.69 Å². The van der Waals surface area contributed by atoms with Crippen LogP contribution in [0, 0.1) is 6.92 Å². The van der Waals surface area contributed by atoms with Gasteiger partial charge in [0.25, 0.3) is 5.91 Å². The highest BCUT2D eigenvalue weighted by Crippen LogP contribution is 2.15. The second-order valence-corrected chi connectivity index (χ2v) is 8.32. The molecule has 2 aromatic carbocycles. The summed E-state index contributed by atoms with van der Waals surface area (Å²) in [5, 5.41) is 2.64. The zero-order chi connectivity index (χ0) is 19.3. The van der Waals surface area contributed by atoms with Crippen molar-refractivity contribution in [1.29, 1.82) is 0 Å². The number of anilines is 1. The van der Waals surface area contributed by atoms with Gasteiger partial charge in [0.05, 0.1) is 10.6 Å². The Morgan fingerprint density at radius 2 is 1.69 bits per heavy atom. The molecule has 6 nitrogen and oxygen atoms in total. The van der Waals surface area contributed by atoms with E-state index in [4.69, 9.17) is 0 Å². The molecular weight excluding hydrogens is 352 g/mol. The molecule has 2 aromatic rings. The molecule has 0 saturated carbocycles. The molecule has 2 amide bonds. The van der Waals surface area contributed by atoms with Gasteiger partial charge in [0.15, 0.2) is 9.84 Å². The van der Waals surface area contributed by atoms with Gasteiger partial charge in [0.2, 0.25) is 5.91 Å². The minimum absolute atomic E-state index is 0.165. The van der Waals surface area contributed by atoms with Crippen molar-refractivity contribution >= 4 is 27.3 Å². The first kappa shape index (κ1) is 19.7. The third-order valence-electron chi connectivity index (χ3n) is 3.78. The highest BCUT2D eigenvalue weighted by molar-refractivity contribution is 7.91. The van der Waals surface area contributed by atoms with E-state index in [0.29, 0.717) is 11.3 Å². The van der Waals surface area contributed by atoms with Crippen molar-refractivity contribution in [1.82, 2.24) is 4.90 Å². The molecule has 138 valence electrons. The summed E-state index contributed by atoms with van der Waals surface area (Å²) < 4.78 is 24.6. The first-order chi connectivity index (χ1) is 12.2. The molecule has 0 aliphatic heterocycles. The van der Waals surface area contributed by atoms with Crippen LogP contribution in [-0.2, 0) is 14.6 Å². The van der Waals surface area contributed by atoms with E-state index in [1.54, 1.807) is 62.6 Å². The lowest BCUT2D eigenvalue weighted by atomic mass is 10.2. The largest absolute Gasteiger partial charge is 0.345 e. The summed E-state index contributed by atoms with van der Waals surface area (Å²) in [5.41, 5.74) is 1.87. The molecule has 0 spiro atoms. The van der Waals surface area contributed by atoms with E-state index in [-0.39, 0.29) is 23.0 Å². The van der Waals surface area contributed by atoms with Crippen LogP contribution in [-0.4, -0.2) is 45.0 Å². The van der Waals surface area contributed by atoms with Gasteiger partial charge in [0, 0.05) is 31.8 Å². The highest BCUT2D eigenvalue weighted by atomic mass is 32.2. The number of sulfone groups is 1. The van der Waals surface area contributed by atoms with E-state index in [0.717, 1.165) is 5.56 Å². The average molecular weight is 374 g/mol. The van der Waals surface area contributed by atoms with Gasteiger partial charge in [-0.25, -0.2) is 8.42 Å². The smallest absolute Gasteiger partial charge is 0.253 e. The van der Waals surface area contributed by atoms with Crippen LogP contribution < -0.4 is 5.32 Å². The van der Waals surface area contributed by atoms with Gasteiger partial charge in [0.1, 0.15) is 0 Å². The first-order valence-corrected chi connectivity index (χ1v) is 9.75. The first-order valence-electron chi connectivity index (χ1n) is 8.10. The molecule has 2 rings (SSSR count). The summed E-state index contributed by atoms with van der Waals surface area (Å²) in [6, 6.07) is 13.1. The van der Waals surface area contributed by atoms with Gasteiger partial charge in [-0.15, -0.1) is 0 Å². The van der Waals surface area contributed by atoms with Gasteiger partial charge >= 0.3 is 0 Å². The lowest BCUT2D eigenvalue weighted by Gasteiger charge is -2.12. The summed E-state index contributed by atoms with van der Waals surface area (Å²) in [4.78, 5) is 25.7. The van der Waals surface area contributed by atoms with Crippen LogP contribution in [0.2, 0.25) is 0 Å². The Morgan fingerprint density at radius 3 is 2.31 bits per heavy atom. The van der Waals surface area contributed by atoms with Crippen molar-refractivity contribution in [3.63, 3.8) is 0 Å². The second-order valence-electron chi connectivity index (χ2n) is 6.21. The maximum absolute atomic E-state index is 12.3. The molecule has 0 fully saturated rings. The minimum Gasteiger partial charge on any atom is -0.345 e. The third kappa shape index (κ3) is 5.16. The predicted octanol–water partition coefficient (Wildman–Crippen LogP) is 2.50. The molecule has 0 atom stereocenters. The Labute approximate surface area is 153 Å². The Kier molecular flexibility index (Phi) is 6.15. The summed E-state index contributed by atoms with van der Waals surface area (Å²) in [7, 11) is -0.234. The van der Waals surface area contributed by atoms with Crippen LogP contribution in [0.25, 0.3) is 0 Å². The average Bonchev–Trinajstić information content (AvgIpc) is 2.60. The lowest BCUT2D eigenvalue weighted by molar-refractivity contribution is -0.115. The van der Waals surface area contributed by atoms with E-state index in [1.165, 1.54) is 4.90 Å². The van der Waals surface area contributed by atoms with Crippen LogP contribution in [0.1, 0.15) is 22.3 Å². The normalized spacial score (nSPS) is 11.0. The molecule has 7 heteroatoms. The van der Waals surface area contributed by atoms with Gasteiger partial charge in [-0.2, -0.15) is 0 Å². The molecule has 0 heterocycles. The molecule has 0 unspecified atom stereocenters. The van der Waals surface area contributed by atoms with E-state index in [1.807, 2.05) is 6.92 Å². The second kappa shape index (κ2) is 8.14. The minimum atomic E-state index is -3.52. The number of carbonyl (C=O) groups excluding carboxylic acids is 2. The lowest BCUT2D eigenvalue weighted by Crippen LogP contribution is -2.22. The van der Waals surface area contributed by atoms with Crippen molar-refractivity contribution in [3.05, 3.63) is 59.7 Å². The van der Waals surface area contributed by atoms with E-state index >= 15 is 0 Å². The zero-order valence-electron chi connectivity index (χ0n) is 15.0. The van der Waals surface area contributed by atoms with Gasteiger partial charge in [-0.1, -0.05) is 23.8 Å².